The number of rotatable bonds is 6. The van der Waals surface area contributed by atoms with Gasteiger partial charge in [0.05, 0.1) is 11.7 Å². The molecule has 1 saturated carbocycles. The first kappa shape index (κ1) is 19.1. The number of nitrogens with one attached hydrogen (secondary N) is 1. The van der Waals surface area contributed by atoms with Crippen molar-refractivity contribution >= 4 is 28.5 Å². The van der Waals surface area contributed by atoms with Gasteiger partial charge in [-0.2, -0.15) is 18.7 Å². The van der Waals surface area contributed by atoms with Gasteiger partial charge in [-0.1, -0.05) is 0 Å². The molecule has 0 bridgehead atoms. The number of imidazole rings is 1. The van der Waals surface area contributed by atoms with Gasteiger partial charge < -0.3 is 15.8 Å². The molecule has 1 aliphatic carbocycles. The van der Waals surface area contributed by atoms with E-state index in [1.807, 2.05) is 0 Å². The molecule has 0 saturated heterocycles. The molecule has 8 nitrogen and oxygen atoms in total. The topological polar surface area (TPSA) is 104 Å². The molecular weight excluding hydrogens is 411 g/mol. The number of benzene rings is 1. The van der Waals surface area contributed by atoms with Gasteiger partial charge in [0.1, 0.15) is 29.0 Å². The number of hydrogen-bond acceptors (Lipinski definition) is 7. The first-order valence-electron chi connectivity index (χ1n) is 9.47. The Labute approximate surface area is 173 Å². The Kier molecular flexibility index (Phi) is 4.57. The maximum Gasteiger partial charge on any atom is 0.387 e. The summed E-state index contributed by atoms with van der Waals surface area (Å²) < 4.78 is 44.5. The standard InChI is InChI=1S/C20H16F3N7O/c21-11-7-14-17(25-9-11)29-18(10-1-2-10)30(14)20-27-15(24)8-16(28-20)26-12-3-5-13(6-4-12)31-19(22)23/h3-10,19H,1-2H2,(H3,24,26,27,28). The number of ether oxygens (including phenoxy) is 1. The average molecular weight is 427 g/mol. The lowest BCUT2D eigenvalue weighted by atomic mass is 10.3. The zero-order valence-corrected chi connectivity index (χ0v) is 16.0. The van der Waals surface area contributed by atoms with Crippen LogP contribution in [0.4, 0.5) is 30.5 Å². The van der Waals surface area contributed by atoms with Gasteiger partial charge in [-0.05, 0) is 37.1 Å². The van der Waals surface area contributed by atoms with Crippen LogP contribution in [0.3, 0.4) is 0 Å². The fraction of sp³-hybridized carbons (Fsp3) is 0.200. The van der Waals surface area contributed by atoms with Crippen molar-refractivity contribution < 1.29 is 17.9 Å². The van der Waals surface area contributed by atoms with E-state index in [-0.39, 0.29) is 23.4 Å². The molecular formula is C20H16F3N7O. The number of nitrogen functional groups attached to an aromatic ring is 1. The molecule has 11 heteroatoms. The Morgan fingerprint density at radius 3 is 2.58 bits per heavy atom. The Balaban J connectivity index is 1.52. The van der Waals surface area contributed by atoms with Gasteiger partial charge in [-0.15, -0.1) is 0 Å². The number of halogens is 3. The van der Waals surface area contributed by atoms with Crippen LogP contribution in [0.2, 0.25) is 0 Å². The van der Waals surface area contributed by atoms with E-state index in [2.05, 4.69) is 30.0 Å². The number of nitrogens with zero attached hydrogens (tertiary/aromatic N) is 5. The zero-order valence-electron chi connectivity index (χ0n) is 16.0. The molecule has 5 rings (SSSR count). The van der Waals surface area contributed by atoms with Crippen LogP contribution in [-0.4, -0.2) is 31.1 Å². The highest BCUT2D eigenvalue weighted by atomic mass is 19.3. The van der Waals surface area contributed by atoms with E-state index in [0.717, 1.165) is 19.0 Å². The van der Waals surface area contributed by atoms with Gasteiger partial charge in [0, 0.05) is 23.7 Å². The van der Waals surface area contributed by atoms with E-state index in [1.54, 1.807) is 16.7 Å². The number of fused-ring (bicyclic) bond motifs is 1. The Morgan fingerprint density at radius 1 is 1.10 bits per heavy atom. The summed E-state index contributed by atoms with van der Waals surface area (Å²) in [5, 5.41) is 3.05. The average Bonchev–Trinajstić information content (AvgIpc) is 3.49. The maximum atomic E-state index is 13.9. The third kappa shape index (κ3) is 3.93. The monoisotopic (exact) mass is 427 g/mol. The molecule has 1 aromatic carbocycles. The summed E-state index contributed by atoms with van der Waals surface area (Å²) in [6, 6.07) is 8.81. The molecule has 31 heavy (non-hydrogen) atoms. The van der Waals surface area contributed by atoms with Crippen LogP contribution in [0.5, 0.6) is 5.75 Å². The van der Waals surface area contributed by atoms with E-state index in [9.17, 15) is 13.2 Å². The van der Waals surface area contributed by atoms with Crippen molar-refractivity contribution in [2.45, 2.75) is 25.4 Å². The smallest absolute Gasteiger partial charge is 0.387 e. The third-order valence-corrected chi connectivity index (χ3v) is 4.73. The number of alkyl halides is 2. The summed E-state index contributed by atoms with van der Waals surface area (Å²) in [6.45, 7) is -2.90. The summed E-state index contributed by atoms with van der Waals surface area (Å²) >= 11 is 0. The van der Waals surface area contributed by atoms with Crippen LogP contribution < -0.4 is 15.8 Å². The lowest BCUT2D eigenvalue weighted by Gasteiger charge is -2.12. The second-order valence-corrected chi connectivity index (χ2v) is 7.08. The normalized spacial score (nSPS) is 13.7. The summed E-state index contributed by atoms with van der Waals surface area (Å²) in [5.74, 6) is 1.27. The molecule has 158 valence electrons. The van der Waals surface area contributed by atoms with Gasteiger partial charge in [0.25, 0.3) is 0 Å². The van der Waals surface area contributed by atoms with Crippen molar-refractivity contribution in [1.29, 1.82) is 0 Å². The first-order valence-corrected chi connectivity index (χ1v) is 9.47. The SMILES string of the molecule is Nc1cc(Nc2ccc(OC(F)F)cc2)nc(-n2c(C3CC3)nc3ncc(F)cc32)n1. The second-order valence-electron chi connectivity index (χ2n) is 7.08. The van der Waals surface area contributed by atoms with Gasteiger partial charge in [0.15, 0.2) is 5.65 Å². The molecule has 3 heterocycles. The molecule has 0 radical (unpaired) electrons. The molecule has 3 aromatic heterocycles. The maximum absolute atomic E-state index is 13.9. The van der Waals surface area contributed by atoms with Crippen molar-refractivity contribution in [3.8, 4) is 11.7 Å². The number of pyridine rings is 1. The van der Waals surface area contributed by atoms with Gasteiger partial charge >= 0.3 is 6.61 Å². The largest absolute Gasteiger partial charge is 0.435 e. The van der Waals surface area contributed by atoms with Crippen LogP contribution in [-0.2, 0) is 0 Å². The van der Waals surface area contributed by atoms with Gasteiger partial charge in [-0.25, -0.2) is 14.4 Å². The highest BCUT2D eigenvalue weighted by Gasteiger charge is 2.31. The van der Waals surface area contributed by atoms with E-state index in [1.165, 1.54) is 24.3 Å². The van der Waals surface area contributed by atoms with E-state index in [0.29, 0.717) is 28.5 Å². The quantitative estimate of drug-likeness (QED) is 0.476. The summed E-state index contributed by atoms with van der Waals surface area (Å²) in [4.78, 5) is 17.4. The van der Waals surface area contributed by atoms with Crippen molar-refractivity contribution in [1.82, 2.24) is 24.5 Å². The van der Waals surface area contributed by atoms with Crippen LogP contribution in [0.15, 0.2) is 42.6 Å². The number of anilines is 3. The minimum atomic E-state index is -2.90. The second kappa shape index (κ2) is 7.42. The lowest BCUT2D eigenvalue weighted by molar-refractivity contribution is -0.0498. The highest BCUT2D eigenvalue weighted by molar-refractivity contribution is 5.74. The first-order chi connectivity index (χ1) is 15.0. The van der Waals surface area contributed by atoms with Crippen molar-refractivity contribution in [3.63, 3.8) is 0 Å². The van der Waals surface area contributed by atoms with Crippen molar-refractivity contribution in [3.05, 3.63) is 54.2 Å². The fourth-order valence-corrected chi connectivity index (χ4v) is 3.26. The summed E-state index contributed by atoms with van der Waals surface area (Å²) in [6.07, 6.45) is 3.05. The summed E-state index contributed by atoms with van der Waals surface area (Å²) in [7, 11) is 0. The molecule has 0 amide bonds. The van der Waals surface area contributed by atoms with Crippen LogP contribution >= 0.6 is 0 Å². The molecule has 1 fully saturated rings. The number of nitrogens with two attached hydrogens (primary N) is 1. The van der Waals surface area contributed by atoms with E-state index < -0.39 is 12.4 Å². The van der Waals surface area contributed by atoms with Crippen molar-refractivity contribution in [2.24, 2.45) is 0 Å². The molecule has 0 aliphatic heterocycles. The Hall–Kier alpha value is -3.89. The molecule has 0 unspecified atom stereocenters. The lowest BCUT2D eigenvalue weighted by Crippen LogP contribution is -2.09. The molecule has 3 N–H and O–H groups in total. The molecule has 0 atom stereocenters. The van der Waals surface area contributed by atoms with Crippen molar-refractivity contribution in [2.75, 3.05) is 11.1 Å². The summed E-state index contributed by atoms with van der Waals surface area (Å²) in [5.41, 5.74) is 7.43. The molecule has 1 aliphatic rings. The van der Waals surface area contributed by atoms with E-state index in [4.69, 9.17) is 5.73 Å². The predicted molar refractivity (Wildman–Crippen MR) is 107 cm³/mol. The minimum Gasteiger partial charge on any atom is -0.435 e. The predicted octanol–water partition coefficient (Wildman–Crippen LogP) is 4.15. The highest BCUT2D eigenvalue weighted by Crippen LogP contribution is 2.41. The molecule has 4 aromatic rings. The zero-order chi connectivity index (χ0) is 21.5. The van der Waals surface area contributed by atoms with Crippen LogP contribution in [0.25, 0.3) is 17.1 Å². The van der Waals surface area contributed by atoms with E-state index >= 15 is 0 Å². The third-order valence-electron chi connectivity index (χ3n) is 4.73. The minimum absolute atomic E-state index is 0.0388. The van der Waals surface area contributed by atoms with Gasteiger partial charge in [-0.3, -0.25) is 4.57 Å². The Bertz CT molecular complexity index is 1260. The Morgan fingerprint density at radius 2 is 1.87 bits per heavy atom. The fourth-order valence-electron chi connectivity index (χ4n) is 3.26. The molecule has 0 spiro atoms. The number of hydrogen-bond donors (Lipinski definition) is 2. The van der Waals surface area contributed by atoms with Crippen LogP contribution in [0.1, 0.15) is 24.6 Å². The van der Waals surface area contributed by atoms with Crippen LogP contribution in [0, 0.1) is 5.82 Å². The number of aromatic nitrogens is 5. The van der Waals surface area contributed by atoms with Gasteiger partial charge in [0.2, 0.25) is 5.95 Å².